The van der Waals surface area contributed by atoms with Crippen LogP contribution in [0.4, 0.5) is 0 Å². The molecule has 1 amide bonds. The van der Waals surface area contributed by atoms with Gasteiger partial charge in [0.25, 0.3) is 0 Å². The monoisotopic (exact) mass is 350 g/mol. The maximum absolute atomic E-state index is 12.6. The van der Waals surface area contributed by atoms with Gasteiger partial charge in [-0.3, -0.25) is 4.79 Å². The van der Waals surface area contributed by atoms with Gasteiger partial charge in [0.1, 0.15) is 17.5 Å². The third-order valence-electron chi connectivity index (χ3n) is 5.54. The van der Waals surface area contributed by atoms with E-state index in [-0.39, 0.29) is 5.91 Å². The van der Waals surface area contributed by atoms with Crippen molar-refractivity contribution in [2.45, 2.75) is 50.9 Å². The molecular formula is C21H22N2O3. The number of rotatable bonds is 1. The summed E-state index contributed by atoms with van der Waals surface area (Å²) in [5.41, 5.74) is 0.415. The number of aliphatic hydroxyl groups is 1. The number of benzene rings is 2. The molecule has 2 aromatic carbocycles. The van der Waals surface area contributed by atoms with Crippen LogP contribution in [0.1, 0.15) is 50.3 Å². The SMILES string of the molecule is CC1(C)Oc2c(cc(C#N)c3ccccc23)[C@@H](N2CCCCC2=O)[C@@H]1O. The zero-order valence-corrected chi connectivity index (χ0v) is 15.0. The van der Waals surface area contributed by atoms with Crippen molar-refractivity contribution in [2.75, 3.05) is 6.54 Å². The van der Waals surface area contributed by atoms with Gasteiger partial charge in [0, 0.05) is 29.3 Å². The summed E-state index contributed by atoms with van der Waals surface area (Å²) in [6.45, 7) is 4.30. The summed E-state index contributed by atoms with van der Waals surface area (Å²) < 4.78 is 6.20. The van der Waals surface area contributed by atoms with Gasteiger partial charge in [-0.05, 0) is 32.8 Å². The molecule has 1 saturated heterocycles. The molecule has 0 radical (unpaired) electrons. The third kappa shape index (κ3) is 2.45. The number of aliphatic hydroxyl groups excluding tert-OH is 1. The molecular weight excluding hydrogens is 328 g/mol. The van der Waals surface area contributed by atoms with Gasteiger partial charge >= 0.3 is 0 Å². The molecule has 0 unspecified atom stereocenters. The Morgan fingerprint density at radius 1 is 1.27 bits per heavy atom. The number of nitriles is 1. The molecule has 1 fully saturated rings. The average Bonchev–Trinajstić information content (AvgIpc) is 2.63. The summed E-state index contributed by atoms with van der Waals surface area (Å²) in [4.78, 5) is 14.4. The summed E-state index contributed by atoms with van der Waals surface area (Å²) in [5.74, 6) is 0.717. The van der Waals surface area contributed by atoms with Gasteiger partial charge in [-0.15, -0.1) is 0 Å². The number of hydrogen-bond acceptors (Lipinski definition) is 4. The second-order valence-electron chi connectivity index (χ2n) is 7.64. The van der Waals surface area contributed by atoms with Gasteiger partial charge in [0.15, 0.2) is 0 Å². The van der Waals surface area contributed by atoms with Gasteiger partial charge in [-0.25, -0.2) is 0 Å². The Bertz CT molecular complexity index is 929. The number of nitrogens with zero attached hydrogens (tertiary/aromatic N) is 2. The molecule has 26 heavy (non-hydrogen) atoms. The highest BCUT2D eigenvalue weighted by Crippen LogP contribution is 2.47. The number of carbonyl (C=O) groups is 1. The van der Waals surface area contributed by atoms with Crippen LogP contribution in [0.2, 0.25) is 0 Å². The Labute approximate surface area is 152 Å². The second kappa shape index (κ2) is 6.00. The minimum atomic E-state index is -0.871. The van der Waals surface area contributed by atoms with E-state index in [1.807, 2.05) is 38.1 Å². The first-order chi connectivity index (χ1) is 12.4. The lowest BCUT2D eigenvalue weighted by atomic mass is 9.82. The van der Waals surface area contributed by atoms with Crippen LogP contribution in [0.15, 0.2) is 30.3 Å². The first-order valence-corrected chi connectivity index (χ1v) is 9.06. The normalized spacial score (nSPS) is 24.7. The van der Waals surface area contributed by atoms with Crippen molar-refractivity contribution in [3.05, 3.63) is 41.5 Å². The molecule has 2 aliphatic heterocycles. The first-order valence-electron chi connectivity index (χ1n) is 9.06. The summed E-state index contributed by atoms with van der Waals surface area (Å²) in [6.07, 6.45) is 1.43. The third-order valence-corrected chi connectivity index (χ3v) is 5.54. The van der Waals surface area contributed by atoms with Crippen molar-refractivity contribution in [3.8, 4) is 11.8 Å². The van der Waals surface area contributed by atoms with Gasteiger partial charge in [-0.1, -0.05) is 24.3 Å². The molecule has 2 heterocycles. The van der Waals surface area contributed by atoms with Crippen LogP contribution < -0.4 is 4.74 Å². The molecule has 0 aromatic heterocycles. The molecule has 134 valence electrons. The van der Waals surface area contributed by atoms with E-state index in [0.717, 1.165) is 29.2 Å². The first kappa shape index (κ1) is 16.9. The fourth-order valence-electron chi connectivity index (χ4n) is 4.13. The highest BCUT2D eigenvalue weighted by molar-refractivity contribution is 5.94. The van der Waals surface area contributed by atoms with E-state index < -0.39 is 17.7 Å². The lowest BCUT2D eigenvalue weighted by Crippen LogP contribution is -2.55. The average molecular weight is 350 g/mol. The summed E-state index contributed by atoms with van der Waals surface area (Å²) in [7, 11) is 0. The second-order valence-corrected chi connectivity index (χ2v) is 7.64. The molecule has 4 rings (SSSR count). The summed E-state index contributed by atoms with van der Waals surface area (Å²) in [5, 5.41) is 22.3. The van der Waals surface area contributed by atoms with Crippen molar-refractivity contribution in [3.63, 3.8) is 0 Å². The van der Waals surface area contributed by atoms with Gasteiger partial charge < -0.3 is 14.7 Å². The van der Waals surface area contributed by atoms with Gasteiger partial charge in [-0.2, -0.15) is 5.26 Å². The molecule has 0 saturated carbocycles. The Hall–Kier alpha value is -2.58. The topological polar surface area (TPSA) is 73.6 Å². The van der Waals surface area contributed by atoms with Crippen LogP contribution >= 0.6 is 0 Å². The van der Waals surface area contributed by atoms with Gasteiger partial charge in [0.2, 0.25) is 5.91 Å². The summed E-state index contributed by atoms with van der Waals surface area (Å²) in [6, 6.07) is 11.2. The predicted octanol–water partition coefficient (Wildman–Crippen LogP) is 3.30. The van der Waals surface area contributed by atoms with E-state index >= 15 is 0 Å². The van der Waals surface area contributed by atoms with Crippen molar-refractivity contribution in [2.24, 2.45) is 0 Å². The van der Waals surface area contributed by atoms with Crippen molar-refractivity contribution in [1.29, 1.82) is 5.26 Å². The molecule has 2 aliphatic rings. The zero-order chi connectivity index (χ0) is 18.5. The molecule has 0 bridgehead atoms. The maximum Gasteiger partial charge on any atom is 0.223 e. The number of piperidine rings is 1. The Balaban J connectivity index is 1.98. The van der Waals surface area contributed by atoms with E-state index in [1.165, 1.54) is 0 Å². The number of amides is 1. The van der Waals surface area contributed by atoms with Crippen LogP contribution in [-0.2, 0) is 4.79 Å². The Morgan fingerprint density at radius 3 is 2.69 bits per heavy atom. The molecule has 5 nitrogen and oxygen atoms in total. The van der Waals surface area contributed by atoms with E-state index in [4.69, 9.17) is 4.74 Å². The van der Waals surface area contributed by atoms with Crippen LogP contribution in [-0.4, -0.2) is 34.2 Å². The van der Waals surface area contributed by atoms with Crippen molar-refractivity contribution in [1.82, 2.24) is 4.90 Å². The maximum atomic E-state index is 12.6. The lowest BCUT2D eigenvalue weighted by Gasteiger charge is -2.47. The minimum Gasteiger partial charge on any atom is -0.484 e. The number of hydrogen-bond donors (Lipinski definition) is 1. The van der Waals surface area contributed by atoms with E-state index in [9.17, 15) is 15.2 Å². The lowest BCUT2D eigenvalue weighted by molar-refractivity contribution is -0.147. The smallest absolute Gasteiger partial charge is 0.223 e. The fourth-order valence-corrected chi connectivity index (χ4v) is 4.13. The Morgan fingerprint density at radius 2 is 2.00 bits per heavy atom. The minimum absolute atomic E-state index is 0.0515. The zero-order valence-electron chi connectivity index (χ0n) is 15.0. The predicted molar refractivity (Wildman–Crippen MR) is 97.7 cm³/mol. The molecule has 5 heteroatoms. The van der Waals surface area contributed by atoms with Gasteiger partial charge in [0.05, 0.1) is 17.7 Å². The Kier molecular flexibility index (Phi) is 3.89. The molecule has 2 aromatic rings. The number of fused-ring (bicyclic) bond motifs is 3. The van der Waals surface area contributed by atoms with Crippen LogP contribution in [0.5, 0.6) is 5.75 Å². The molecule has 2 atom stereocenters. The van der Waals surface area contributed by atoms with E-state index in [2.05, 4.69) is 6.07 Å². The molecule has 0 spiro atoms. The highest BCUT2D eigenvalue weighted by atomic mass is 16.5. The standard InChI is InChI=1S/C21H22N2O3/c1-21(2)20(25)18(23-10-6-5-9-17(23)24)16-11-13(12-22)14-7-3-4-8-15(14)19(16)26-21/h3-4,7-8,11,18,20,25H,5-6,9-10H2,1-2H3/t18-,20+/m1/s1. The molecule has 1 N–H and O–H groups in total. The van der Waals surface area contributed by atoms with Crippen LogP contribution in [0.25, 0.3) is 10.8 Å². The van der Waals surface area contributed by atoms with Crippen molar-refractivity contribution < 1.29 is 14.6 Å². The quantitative estimate of drug-likeness (QED) is 0.856. The number of carbonyl (C=O) groups excluding carboxylic acids is 1. The summed E-state index contributed by atoms with van der Waals surface area (Å²) >= 11 is 0. The fraction of sp³-hybridized carbons (Fsp3) is 0.429. The molecule has 0 aliphatic carbocycles. The van der Waals surface area contributed by atoms with Crippen molar-refractivity contribution >= 4 is 16.7 Å². The largest absolute Gasteiger partial charge is 0.484 e. The van der Waals surface area contributed by atoms with Crippen LogP contribution in [0.3, 0.4) is 0 Å². The van der Waals surface area contributed by atoms with E-state index in [0.29, 0.717) is 24.3 Å². The number of ether oxygens (including phenoxy) is 1. The highest BCUT2D eigenvalue weighted by Gasteiger charge is 2.47. The van der Waals surface area contributed by atoms with Crippen LogP contribution in [0, 0.1) is 11.3 Å². The van der Waals surface area contributed by atoms with E-state index in [1.54, 1.807) is 11.0 Å². The number of likely N-dealkylation sites (tertiary alicyclic amines) is 1.